The van der Waals surface area contributed by atoms with Gasteiger partial charge in [-0.25, -0.2) is 15.0 Å². The number of aromatic nitrogens is 4. The van der Waals surface area contributed by atoms with Crippen LogP contribution in [0.25, 0.3) is 106 Å². The average Bonchev–Trinajstić information content (AvgIpc) is 3.87. The van der Waals surface area contributed by atoms with Gasteiger partial charge in [-0.2, -0.15) is 0 Å². The Bertz CT molecular complexity index is 3100. The van der Waals surface area contributed by atoms with Gasteiger partial charge in [-0.1, -0.05) is 91.0 Å². The molecule has 0 radical (unpaired) electrons. The highest BCUT2D eigenvalue weighted by Gasteiger charge is 2.19. The van der Waals surface area contributed by atoms with E-state index >= 15 is 0 Å². The number of hydrogen-bond acceptors (Lipinski definition) is 5. The number of hydrogen-bond donors (Lipinski definition) is 0. The van der Waals surface area contributed by atoms with Crippen LogP contribution in [-0.4, -0.2) is 19.5 Å². The van der Waals surface area contributed by atoms with E-state index < -0.39 is 0 Å². The highest BCUT2D eigenvalue weighted by molar-refractivity contribution is 6.12. The van der Waals surface area contributed by atoms with Crippen LogP contribution in [0.3, 0.4) is 0 Å². The maximum absolute atomic E-state index is 6.26. The van der Waals surface area contributed by atoms with Crippen molar-refractivity contribution in [3.63, 3.8) is 0 Å². The van der Waals surface area contributed by atoms with Crippen LogP contribution < -0.4 is 0 Å². The van der Waals surface area contributed by atoms with E-state index in [4.69, 9.17) is 23.8 Å². The molecule has 0 aliphatic heterocycles. The monoisotopic (exact) mass is 654 g/mol. The zero-order chi connectivity index (χ0) is 33.5. The molecule has 11 rings (SSSR count). The molecule has 0 N–H and O–H groups in total. The Balaban J connectivity index is 1.11. The van der Waals surface area contributed by atoms with Crippen molar-refractivity contribution < 1.29 is 8.83 Å². The van der Waals surface area contributed by atoms with Crippen LogP contribution in [0.15, 0.2) is 167 Å². The van der Waals surface area contributed by atoms with Gasteiger partial charge < -0.3 is 13.4 Å². The SMILES string of the molecule is c1ccc2c(c1)oc1cc(-c3nc(-c4ccc(-n5c6ccccc6c6ccccc65)cc4)nc(-c4cccc5oc6ccccc6c45)n3)ccc12. The molecule has 7 aromatic carbocycles. The summed E-state index contributed by atoms with van der Waals surface area (Å²) in [6.45, 7) is 0. The fourth-order valence-corrected chi connectivity index (χ4v) is 7.54. The van der Waals surface area contributed by atoms with Crippen LogP contribution >= 0.6 is 0 Å². The van der Waals surface area contributed by atoms with E-state index in [9.17, 15) is 0 Å². The Morgan fingerprint density at radius 1 is 0.373 bits per heavy atom. The van der Waals surface area contributed by atoms with Gasteiger partial charge in [0.05, 0.1) is 11.0 Å². The van der Waals surface area contributed by atoms with Gasteiger partial charge in [0.1, 0.15) is 22.3 Å². The smallest absolute Gasteiger partial charge is 0.164 e. The molecule has 0 unspecified atom stereocenters. The Morgan fingerprint density at radius 3 is 1.65 bits per heavy atom. The summed E-state index contributed by atoms with van der Waals surface area (Å²) in [6.07, 6.45) is 0. The van der Waals surface area contributed by atoms with Crippen LogP contribution in [0.1, 0.15) is 0 Å². The first kappa shape index (κ1) is 27.9. The zero-order valence-electron chi connectivity index (χ0n) is 27.1. The molecule has 0 saturated heterocycles. The zero-order valence-corrected chi connectivity index (χ0v) is 27.1. The summed E-state index contributed by atoms with van der Waals surface area (Å²) >= 11 is 0. The molecule has 6 heteroatoms. The molecule has 4 heterocycles. The number of para-hydroxylation sites is 4. The number of rotatable bonds is 4. The second-order valence-corrected chi connectivity index (χ2v) is 12.8. The van der Waals surface area contributed by atoms with Gasteiger partial charge in [0.25, 0.3) is 0 Å². The van der Waals surface area contributed by atoms with Gasteiger partial charge in [-0.15, -0.1) is 0 Å². The van der Waals surface area contributed by atoms with Crippen molar-refractivity contribution in [3.8, 4) is 39.9 Å². The highest BCUT2D eigenvalue weighted by Crippen LogP contribution is 2.38. The van der Waals surface area contributed by atoms with Crippen molar-refractivity contribution in [3.05, 3.63) is 158 Å². The third-order valence-electron chi connectivity index (χ3n) is 9.88. The summed E-state index contributed by atoms with van der Waals surface area (Å²) in [5.41, 5.74) is 9.26. The van der Waals surface area contributed by atoms with Gasteiger partial charge in [0.2, 0.25) is 0 Å². The molecule has 0 aliphatic rings. The largest absolute Gasteiger partial charge is 0.456 e. The summed E-state index contributed by atoms with van der Waals surface area (Å²) in [5.74, 6) is 1.72. The molecule has 51 heavy (non-hydrogen) atoms. The molecular weight excluding hydrogens is 629 g/mol. The van der Waals surface area contributed by atoms with Crippen molar-refractivity contribution in [2.75, 3.05) is 0 Å². The molecule has 0 spiro atoms. The lowest BCUT2D eigenvalue weighted by Gasteiger charge is -2.11. The number of fused-ring (bicyclic) bond motifs is 9. The molecule has 0 fully saturated rings. The Labute approximate surface area is 290 Å². The summed E-state index contributed by atoms with van der Waals surface area (Å²) < 4.78 is 14.8. The summed E-state index contributed by atoms with van der Waals surface area (Å²) in [4.78, 5) is 15.3. The van der Waals surface area contributed by atoms with E-state index in [1.54, 1.807) is 0 Å². The molecule has 0 saturated carbocycles. The molecular formula is C45H26N4O2. The van der Waals surface area contributed by atoms with E-state index in [0.29, 0.717) is 17.5 Å². The quantitative estimate of drug-likeness (QED) is 0.189. The van der Waals surface area contributed by atoms with Crippen LogP contribution in [0, 0.1) is 0 Å². The molecule has 238 valence electrons. The van der Waals surface area contributed by atoms with Crippen molar-refractivity contribution in [1.29, 1.82) is 0 Å². The lowest BCUT2D eigenvalue weighted by Crippen LogP contribution is -2.01. The fourth-order valence-electron chi connectivity index (χ4n) is 7.54. The summed E-state index contributed by atoms with van der Waals surface area (Å²) in [5, 5.41) is 6.59. The predicted octanol–water partition coefficient (Wildman–Crippen LogP) is 11.8. The Hall–Kier alpha value is -7.05. The molecule has 6 nitrogen and oxygen atoms in total. The summed E-state index contributed by atoms with van der Waals surface area (Å²) in [6, 6.07) is 53.9. The molecule has 0 bridgehead atoms. The van der Waals surface area contributed by atoms with Crippen LogP contribution in [0.4, 0.5) is 0 Å². The third kappa shape index (κ3) is 4.26. The second-order valence-electron chi connectivity index (χ2n) is 12.8. The minimum absolute atomic E-state index is 0.564. The molecule has 4 aromatic heterocycles. The third-order valence-corrected chi connectivity index (χ3v) is 9.88. The van der Waals surface area contributed by atoms with E-state index in [1.807, 2.05) is 54.6 Å². The fraction of sp³-hybridized carbons (Fsp3) is 0. The van der Waals surface area contributed by atoms with Gasteiger partial charge >= 0.3 is 0 Å². The standard InChI is InChI=1S/C45H26N4O2/c1-5-15-36-30(10-1)31-11-2-6-16-37(31)49(36)29-23-20-27(21-24-29)43-46-44(28-22-25-33-32-12-3-7-17-38(32)51-41(33)26-28)48-45(47-43)35-14-9-19-40-42(35)34-13-4-8-18-39(34)50-40/h1-26H. The Morgan fingerprint density at radius 2 is 0.902 bits per heavy atom. The van der Waals surface area contributed by atoms with E-state index in [0.717, 1.165) is 77.3 Å². The van der Waals surface area contributed by atoms with E-state index in [1.165, 1.54) is 10.8 Å². The maximum atomic E-state index is 6.26. The number of nitrogens with zero attached hydrogens (tertiary/aromatic N) is 4. The molecule has 0 aliphatic carbocycles. The van der Waals surface area contributed by atoms with Crippen molar-refractivity contribution in [2.45, 2.75) is 0 Å². The van der Waals surface area contributed by atoms with Crippen LogP contribution in [0.2, 0.25) is 0 Å². The van der Waals surface area contributed by atoms with E-state index in [2.05, 4.69) is 108 Å². The van der Waals surface area contributed by atoms with Gasteiger partial charge in [-0.3, -0.25) is 0 Å². The molecule has 0 amide bonds. The first-order chi connectivity index (χ1) is 25.3. The number of furan rings is 2. The maximum Gasteiger partial charge on any atom is 0.164 e. The van der Waals surface area contributed by atoms with Crippen LogP contribution in [-0.2, 0) is 0 Å². The first-order valence-electron chi connectivity index (χ1n) is 16.9. The molecule has 0 atom stereocenters. The van der Waals surface area contributed by atoms with Gasteiger partial charge in [0, 0.05) is 54.7 Å². The normalized spacial score (nSPS) is 11.9. The average molecular weight is 655 g/mol. The van der Waals surface area contributed by atoms with Crippen molar-refractivity contribution >= 4 is 65.7 Å². The topological polar surface area (TPSA) is 69.9 Å². The van der Waals surface area contributed by atoms with Crippen LogP contribution in [0.5, 0.6) is 0 Å². The van der Waals surface area contributed by atoms with Gasteiger partial charge in [0.15, 0.2) is 17.5 Å². The molecule has 11 aromatic rings. The second kappa shape index (κ2) is 10.7. The lowest BCUT2D eigenvalue weighted by atomic mass is 10.1. The summed E-state index contributed by atoms with van der Waals surface area (Å²) in [7, 11) is 0. The van der Waals surface area contributed by atoms with E-state index in [-0.39, 0.29) is 0 Å². The van der Waals surface area contributed by atoms with Crippen molar-refractivity contribution in [1.82, 2.24) is 19.5 Å². The lowest BCUT2D eigenvalue weighted by molar-refractivity contribution is 0.668. The Kier molecular flexibility index (Phi) is 5.86. The minimum atomic E-state index is 0.564. The first-order valence-corrected chi connectivity index (χ1v) is 16.9. The van der Waals surface area contributed by atoms with Gasteiger partial charge in [-0.05, 0) is 66.7 Å². The minimum Gasteiger partial charge on any atom is -0.456 e. The van der Waals surface area contributed by atoms with Crippen molar-refractivity contribution in [2.24, 2.45) is 0 Å². The predicted molar refractivity (Wildman–Crippen MR) is 205 cm³/mol. The number of benzene rings is 7. The highest BCUT2D eigenvalue weighted by atomic mass is 16.3.